The van der Waals surface area contributed by atoms with Gasteiger partial charge in [0.05, 0.1) is 19.3 Å². The van der Waals surface area contributed by atoms with Gasteiger partial charge >= 0.3 is 0 Å². The number of hydrogen-bond donors (Lipinski definition) is 1. The summed E-state index contributed by atoms with van der Waals surface area (Å²) in [6.45, 7) is 12.0. The second-order valence-corrected chi connectivity index (χ2v) is 5.37. The van der Waals surface area contributed by atoms with Gasteiger partial charge in [-0.1, -0.05) is 13.8 Å². The first-order chi connectivity index (χ1) is 8.52. The molecule has 0 aromatic heterocycles. The standard InChI is InChI=1S/C14H31NO3/c1-12(2)9-18-14(4)11-17-8-6-5-7-16-10-13(3)15/h12-14H,5-11,15H2,1-4H3. The van der Waals surface area contributed by atoms with Gasteiger partial charge in [0.25, 0.3) is 0 Å². The van der Waals surface area contributed by atoms with Crippen LogP contribution in [0.4, 0.5) is 0 Å². The molecule has 2 N–H and O–H groups in total. The Morgan fingerprint density at radius 2 is 1.39 bits per heavy atom. The normalized spacial score (nSPS) is 15.0. The largest absolute Gasteiger partial charge is 0.380 e. The first-order valence-electron chi connectivity index (χ1n) is 7.05. The van der Waals surface area contributed by atoms with E-state index in [1.54, 1.807) is 0 Å². The average molecular weight is 261 g/mol. The van der Waals surface area contributed by atoms with Gasteiger partial charge in [-0.2, -0.15) is 0 Å². The lowest BCUT2D eigenvalue weighted by molar-refractivity contribution is -0.0176. The van der Waals surface area contributed by atoms with Crippen molar-refractivity contribution in [2.24, 2.45) is 11.7 Å². The molecule has 0 aromatic rings. The third-order valence-corrected chi connectivity index (χ3v) is 2.27. The van der Waals surface area contributed by atoms with E-state index in [0.29, 0.717) is 19.1 Å². The van der Waals surface area contributed by atoms with E-state index in [4.69, 9.17) is 19.9 Å². The summed E-state index contributed by atoms with van der Waals surface area (Å²) in [4.78, 5) is 0. The Morgan fingerprint density at radius 3 is 1.89 bits per heavy atom. The zero-order valence-electron chi connectivity index (χ0n) is 12.5. The van der Waals surface area contributed by atoms with Crippen molar-refractivity contribution in [1.29, 1.82) is 0 Å². The van der Waals surface area contributed by atoms with Crippen LogP contribution in [0.25, 0.3) is 0 Å². The van der Waals surface area contributed by atoms with Crippen molar-refractivity contribution in [2.75, 3.05) is 33.0 Å². The van der Waals surface area contributed by atoms with Gasteiger partial charge in [-0.15, -0.1) is 0 Å². The molecule has 2 atom stereocenters. The van der Waals surface area contributed by atoms with Gasteiger partial charge in [-0.3, -0.25) is 0 Å². The van der Waals surface area contributed by atoms with Crippen LogP contribution < -0.4 is 5.73 Å². The van der Waals surface area contributed by atoms with Crippen molar-refractivity contribution in [3.8, 4) is 0 Å². The van der Waals surface area contributed by atoms with Crippen molar-refractivity contribution in [3.05, 3.63) is 0 Å². The van der Waals surface area contributed by atoms with Crippen LogP contribution in [0.1, 0.15) is 40.5 Å². The molecule has 0 aliphatic carbocycles. The van der Waals surface area contributed by atoms with Crippen LogP contribution in [-0.4, -0.2) is 45.2 Å². The Balaban J connectivity index is 3.15. The third-order valence-electron chi connectivity index (χ3n) is 2.27. The van der Waals surface area contributed by atoms with Gasteiger partial charge in [-0.05, 0) is 32.6 Å². The predicted octanol–water partition coefficient (Wildman–Crippen LogP) is 2.21. The summed E-state index contributed by atoms with van der Waals surface area (Å²) in [6, 6.07) is 0.125. The van der Waals surface area contributed by atoms with E-state index in [-0.39, 0.29) is 12.1 Å². The smallest absolute Gasteiger partial charge is 0.0780 e. The van der Waals surface area contributed by atoms with Crippen molar-refractivity contribution in [1.82, 2.24) is 0 Å². The van der Waals surface area contributed by atoms with Crippen molar-refractivity contribution >= 4 is 0 Å². The molecule has 18 heavy (non-hydrogen) atoms. The Labute approximate surface area is 112 Å². The highest BCUT2D eigenvalue weighted by atomic mass is 16.5. The molecule has 4 nitrogen and oxygen atoms in total. The minimum Gasteiger partial charge on any atom is -0.380 e. The summed E-state index contributed by atoms with van der Waals surface area (Å²) < 4.78 is 16.5. The van der Waals surface area contributed by atoms with Crippen LogP contribution in [0.3, 0.4) is 0 Å². The summed E-state index contributed by atoms with van der Waals surface area (Å²) >= 11 is 0. The number of unbranched alkanes of at least 4 members (excludes halogenated alkanes) is 1. The molecule has 110 valence electrons. The maximum atomic E-state index is 5.61. The van der Waals surface area contributed by atoms with Crippen LogP contribution in [0.5, 0.6) is 0 Å². The number of rotatable bonds is 12. The van der Waals surface area contributed by atoms with Crippen molar-refractivity contribution in [3.63, 3.8) is 0 Å². The molecule has 0 radical (unpaired) electrons. The molecule has 0 heterocycles. The molecule has 0 rings (SSSR count). The van der Waals surface area contributed by atoms with Crippen LogP contribution in [0.15, 0.2) is 0 Å². The fourth-order valence-electron chi connectivity index (χ4n) is 1.33. The SMILES string of the molecule is CC(C)COC(C)COCCCCOCC(C)N. The molecule has 2 unspecified atom stereocenters. The van der Waals surface area contributed by atoms with Crippen LogP contribution in [-0.2, 0) is 14.2 Å². The lowest BCUT2D eigenvalue weighted by Crippen LogP contribution is -2.22. The summed E-state index contributed by atoms with van der Waals surface area (Å²) in [6.07, 6.45) is 2.23. The van der Waals surface area contributed by atoms with Gasteiger partial charge in [-0.25, -0.2) is 0 Å². The zero-order valence-corrected chi connectivity index (χ0v) is 12.5. The number of hydrogen-bond acceptors (Lipinski definition) is 4. The average Bonchev–Trinajstić information content (AvgIpc) is 2.29. The van der Waals surface area contributed by atoms with E-state index in [1.807, 2.05) is 13.8 Å². The Hall–Kier alpha value is -0.160. The quantitative estimate of drug-likeness (QED) is 0.547. The van der Waals surface area contributed by atoms with Gasteiger partial charge in [0.1, 0.15) is 0 Å². The van der Waals surface area contributed by atoms with Crippen molar-refractivity contribution < 1.29 is 14.2 Å². The summed E-state index contributed by atoms with van der Waals surface area (Å²) in [5.41, 5.74) is 5.57. The predicted molar refractivity (Wildman–Crippen MR) is 74.8 cm³/mol. The molecule has 0 spiro atoms. The first-order valence-corrected chi connectivity index (χ1v) is 7.05. The van der Waals surface area contributed by atoms with Gasteiger partial charge in [0.15, 0.2) is 0 Å². The summed E-state index contributed by atoms with van der Waals surface area (Å²) in [7, 11) is 0. The second-order valence-electron chi connectivity index (χ2n) is 5.37. The fourth-order valence-corrected chi connectivity index (χ4v) is 1.33. The Kier molecular flexibility index (Phi) is 11.8. The molecule has 0 aliphatic rings. The third kappa shape index (κ3) is 13.9. The zero-order chi connectivity index (χ0) is 13.8. The van der Waals surface area contributed by atoms with Gasteiger partial charge in [0.2, 0.25) is 0 Å². The molecule has 0 fully saturated rings. The molecule has 0 bridgehead atoms. The van der Waals surface area contributed by atoms with Crippen LogP contribution >= 0.6 is 0 Å². The monoisotopic (exact) mass is 261 g/mol. The molecule has 0 aromatic carbocycles. The molecule has 0 aliphatic heterocycles. The van der Waals surface area contributed by atoms with Gasteiger partial charge < -0.3 is 19.9 Å². The maximum absolute atomic E-state index is 5.61. The second kappa shape index (κ2) is 11.9. The van der Waals surface area contributed by atoms with Crippen LogP contribution in [0, 0.1) is 5.92 Å². The highest BCUT2D eigenvalue weighted by molar-refractivity contribution is 4.51. The van der Waals surface area contributed by atoms with E-state index >= 15 is 0 Å². The highest BCUT2D eigenvalue weighted by Gasteiger charge is 2.03. The summed E-state index contributed by atoms with van der Waals surface area (Å²) in [5.74, 6) is 0.578. The molecule has 0 amide bonds. The van der Waals surface area contributed by atoms with Crippen LogP contribution in [0.2, 0.25) is 0 Å². The summed E-state index contributed by atoms with van der Waals surface area (Å²) in [5, 5.41) is 0. The van der Waals surface area contributed by atoms with E-state index in [0.717, 1.165) is 32.7 Å². The molecule has 0 saturated carbocycles. The molecular formula is C14H31NO3. The topological polar surface area (TPSA) is 53.7 Å². The van der Waals surface area contributed by atoms with Gasteiger partial charge in [0, 0.05) is 25.9 Å². The molecular weight excluding hydrogens is 230 g/mol. The maximum Gasteiger partial charge on any atom is 0.0780 e. The number of ether oxygens (including phenoxy) is 3. The molecule has 4 heteroatoms. The lowest BCUT2D eigenvalue weighted by Gasteiger charge is -2.15. The Morgan fingerprint density at radius 1 is 0.833 bits per heavy atom. The van der Waals surface area contributed by atoms with E-state index in [9.17, 15) is 0 Å². The number of nitrogens with two attached hydrogens (primary N) is 1. The fraction of sp³-hybridized carbons (Fsp3) is 1.00. The molecule has 0 saturated heterocycles. The van der Waals surface area contributed by atoms with E-state index < -0.39 is 0 Å². The van der Waals surface area contributed by atoms with E-state index in [2.05, 4.69) is 13.8 Å². The Bertz CT molecular complexity index is 174. The van der Waals surface area contributed by atoms with Crippen molar-refractivity contribution in [2.45, 2.75) is 52.7 Å². The lowest BCUT2D eigenvalue weighted by atomic mass is 10.2. The minimum absolute atomic E-state index is 0.125. The first kappa shape index (κ1) is 17.8. The van der Waals surface area contributed by atoms with E-state index in [1.165, 1.54) is 0 Å². The highest BCUT2D eigenvalue weighted by Crippen LogP contribution is 1.99. The minimum atomic E-state index is 0.125.